The van der Waals surface area contributed by atoms with Gasteiger partial charge in [0.05, 0.1) is 17.3 Å². The monoisotopic (exact) mass is 312 g/mol. The standard InChI is InChI=1S/C13H20N4O3S/c14-8-10-11(12(18)19)15-16-17(10)9-1-4-20-13(7-9)2-5-21-6-3-13/h9H,1-8,14H2,(H,18,19). The van der Waals surface area contributed by atoms with E-state index >= 15 is 0 Å². The van der Waals surface area contributed by atoms with Crippen molar-refractivity contribution in [2.75, 3.05) is 18.1 Å². The molecule has 0 amide bonds. The van der Waals surface area contributed by atoms with E-state index in [-0.39, 0.29) is 23.9 Å². The normalized spacial score (nSPS) is 25.1. The van der Waals surface area contributed by atoms with Gasteiger partial charge in [-0.1, -0.05) is 5.21 Å². The Hall–Kier alpha value is -1.12. The second kappa shape index (κ2) is 5.94. The van der Waals surface area contributed by atoms with Crippen LogP contribution in [0.1, 0.15) is 47.9 Å². The summed E-state index contributed by atoms with van der Waals surface area (Å²) in [6, 6.07) is 0.126. The van der Waals surface area contributed by atoms with E-state index in [1.54, 1.807) is 4.68 Å². The van der Waals surface area contributed by atoms with Crippen LogP contribution in [-0.4, -0.2) is 49.8 Å². The summed E-state index contributed by atoms with van der Waals surface area (Å²) in [5, 5.41) is 17.0. The number of aromatic carboxylic acids is 1. The summed E-state index contributed by atoms with van der Waals surface area (Å²) < 4.78 is 7.78. The van der Waals surface area contributed by atoms with Crippen molar-refractivity contribution in [2.45, 2.75) is 43.9 Å². The Morgan fingerprint density at radius 2 is 2.29 bits per heavy atom. The summed E-state index contributed by atoms with van der Waals surface area (Å²) in [6.07, 6.45) is 3.78. The Labute approximate surface area is 127 Å². The maximum absolute atomic E-state index is 11.2. The molecule has 1 atom stereocenters. The van der Waals surface area contributed by atoms with Gasteiger partial charge in [-0.05, 0) is 37.2 Å². The van der Waals surface area contributed by atoms with Crippen molar-refractivity contribution in [2.24, 2.45) is 5.73 Å². The number of ether oxygens (including phenoxy) is 1. The second-order valence-electron chi connectivity index (χ2n) is 5.63. The minimum atomic E-state index is -1.07. The van der Waals surface area contributed by atoms with E-state index in [0.29, 0.717) is 12.3 Å². The van der Waals surface area contributed by atoms with Crippen molar-refractivity contribution in [1.29, 1.82) is 0 Å². The van der Waals surface area contributed by atoms with Gasteiger partial charge in [0.25, 0.3) is 0 Å². The summed E-state index contributed by atoms with van der Waals surface area (Å²) in [5.74, 6) is 1.17. The molecule has 0 radical (unpaired) electrons. The smallest absolute Gasteiger partial charge is 0.358 e. The predicted molar refractivity (Wildman–Crippen MR) is 78.4 cm³/mol. The van der Waals surface area contributed by atoms with Crippen molar-refractivity contribution < 1.29 is 14.6 Å². The van der Waals surface area contributed by atoms with Crippen LogP contribution >= 0.6 is 11.8 Å². The Bertz CT molecular complexity index is 522. The van der Waals surface area contributed by atoms with E-state index in [0.717, 1.165) is 37.2 Å². The Balaban J connectivity index is 1.84. The molecule has 8 heteroatoms. The molecule has 2 aliphatic heterocycles. The van der Waals surface area contributed by atoms with Gasteiger partial charge in [0.2, 0.25) is 0 Å². The fourth-order valence-electron chi connectivity index (χ4n) is 3.27. The van der Waals surface area contributed by atoms with Crippen molar-refractivity contribution in [3.05, 3.63) is 11.4 Å². The number of rotatable bonds is 3. The largest absolute Gasteiger partial charge is 0.476 e. The lowest BCUT2D eigenvalue weighted by Gasteiger charge is -2.43. The van der Waals surface area contributed by atoms with Crippen LogP contribution in [0.4, 0.5) is 0 Å². The minimum absolute atomic E-state index is 0.0303. The van der Waals surface area contributed by atoms with Gasteiger partial charge < -0.3 is 15.6 Å². The van der Waals surface area contributed by atoms with Crippen molar-refractivity contribution in [1.82, 2.24) is 15.0 Å². The van der Waals surface area contributed by atoms with Crippen LogP contribution in [0.15, 0.2) is 0 Å². The molecule has 3 N–H and O–H groups in total. The molecule has 2 aliphatic rings. The average molecular weight is 312 g/mol. The summed E-state index contributed by atoms with van der Waals surface area (Å²) in [4.78, 5) is 11.2. The van der Waals surface area contributed by atoms with E-state index in [9.17, 15) is 4.79 Å². The second-order valence-corrected chi connectivity index (χ2v) is 6.85. The molecule has 0 bridgehead atoms. The third-order valence-electron chi connectivity index (χ3n) is 4.40. The lowest BCUT2D eigenvalue weighted by Crippen LogP contribution is -2.43. The molecule has 1 unspecified atom stereocenters. The quantitative estimate of drug-likeness (QED) is 0.859. The first-order chi connectivity index (χ1) is 10.2. The zero-order valence-corrected chi connectivity index (χ0v) is 12.6. The number of nitrogens with zero attached hydrogens (tertiary/aromatic N) is 3. The number of nitrogens with two attached hydrogens (primary N) is 1. The van der Waals surface area contributed by atoms with Gasteiger partial charge in [0, 0.05) is 13.2 Å². The van der Waals surface area contributed by atoms with E-state index in [1.807, 2.05) is 11.8 Å². The van der Waals surface area contributed by atoms with Gasteiger partial charge in [-0.3, -0.25) is 0 Å². The Morgan fingerprint density at radius 1 is 1.52 bits per heavy atom. The molecule has 3 rings (SSSR count). The number of hydrogen-bond donors (Lipinski definition) is 2. The molecule has 3 heterocycles. The van der Waals surface area contributed by atoms with E-state index in [4.69, 9.17) is 15.6 Å². The van der Waals surface area contributed by atoms with Crippen LogP contribution in [0.2, 0.25) is 0 Å². The van der Waals surface area contributed by atoms with Crippen molar-refractivity contribution in [3.8, 4) is 0 Å². The molecular formula is C13H20N4O3S. The molecule has 21 heavy (non-hydrogen) atoms. The van der Waals surface area contributed by atoms with Gasteiger partial charge in [0.15, 0.2) is 5.69 Å². The van der Waals surface area contributed by atoms with Crippen LogP contribution < -0.4 is 5.73 Å². The van der Waals surface area contributed by atoms with Crippen LogP contribution in [-0.2, 0) is 11.3 Å². The fraction of sp³-hybridized carbons (Fsp3) is 0.769. The van der Waals surface area contributed by atoms with Gasteiger partial charge in [-0.15, -0.1) is 5.10 Å². The molecule has 0 aliphatic carbocycles. The number of aromatic nitrogens is 3. The molecule has 0 aromatic carbocycles. The average Bonchev–Trinajstić information content (AvgIpc) is 2.92. The van der Waals surface area contributed by atoms with E-state index in [1.165, 1.54) is 0 Å². The van der Waals surface area contributed by atoms with Crippen molar-refractivity contribution in [3.63, 3.8) is 0 Å². The highest BCUT2D eigenvalue weighted by Crippen LogP contribution is 2.41. The molecule has 2 fully saturated rings. The van der Waals surface area contributed by atoms with E-state index in [2.05, 4.69) is 10.3 Å². The molecule has 1 spiro atoms. The maximum atomic E-state index is 11.2. The Morgan fingerprint density at radius 3 is 2.95 bits per heavy atom. The zero-order chi connectivity index (χ0) is 14.9. The molecule has 1 aromatic heterocycles. The summed E-state index contributed by atoms with van der Waals surface area (Å²) in [5.41, 5.74) is 6.12. The van der Waals surface area contributed by atoms with Crippen LogP contribution in [0.3, 0.4) is 0 Å². The number of carboxylic acids is 1. The van der Waals surface area contributed by atoms with Crippen LogP contribution in [0.5, 0.6) is 0 Å². The topological polar surface area (TPSA) is 103 Å². The first-order valence-electron chi connectivity index (χ1n) is 7.24. The molecule has 1 aromatic rings. The van der Waals surface area contributed by atoms with Crippen LogP contribution in [0.25, 0.3) is 0 Å². The highest BCUT2D eigenvalue weighted by atomic mass is 32.2. The fourth-order valence-corrected chi connectivity index (χ4v) is 4.50. The summed E-state index contributed by atoms with van der Waals surface area (Å²) in [6.45, 7) is 0.816. The third kappa shape index (κ3) is 2.79. The maximum Gasteiger partial charge on any atom is 0.358 e. The zero-order valence-electron chi connectivity index (χ0n) is 11.8. The highest BCUT2D eigenvalue weighted by Gasteiger charge is 2.40. The molecule has 2 saturated heterocycles. The number of carbonyl (C=O) groups is 1. The van der Waals surface area contributed by atoms with Crippen LogP contribution in [0, 0.1) is 0 Å². The third-order valence-corrected chi connectivity index (χ3v) is 5.39. The van der Waals surface area contributed by atoms with Gasteiger partial charge in [-0.25, -0.2) is 9.48 Å². The summed E-state index contributed by atoms with van der Waals surface area (Å²) in [7, 11) is 0. The van der Waals surface area contributed by atoms with Gasteiger partial charge >= 0.3 is 5.97 Å². The molecule has 0 saturated carbocycles. The molecule has 116 valence electrons. The SMILES string of the molecule is NCc1c(C(=O)O)nnn1C1CCOC2(CCSCC2)C1. The highest BCUT2D eigenvalue weighted by molar-refractivity contribution is 7.99. The van der Waals surface area contributed by atoms with E-state index < -0.39 is 5.97 Å². The van der Waals surface area contributed by atoms with Gasteiger partial charge in [0.1, 0.15) is 0 Å². The first kappa shape index (κ1) is 14.8. The van der Waals surface area contributed by atoms with Gasteiger partial charge in [-0.2, -0.15) is 11.8 Å². The Kier molecular flexibility index (Phi) is 4.19. The predicted octanol–water partition coefficient (Wildman–Crippen LogP) is 1.05. The number of hydrogen-bond acceptors (Lipinski definition) is 6. The minimum Gasteiger partial charge on any atom is -0.476 e. The first-order valence-corrected chi connectivity index (χ1v) is 8.40. The summed E-state index contributed by atoms with van der Waals surface area (Å²) >= 11 is 1.96. The number of carboxylic acid groups (broad SMARTS) is 1. The van der Waals surface area contributed by atoms with Crippen molar-refractivity contribution >= 4 is 17.7 Å². The lowest BCUT2D eigenvalue weighted by molar-refractivity contribution is -0.101. The molecule has 7 nitrogen and oxygen atoms in total. The number of thioether (sulfide) groups is 1. The lowest BCUT2D eigenvalue weighted by atomic mass is 9.85. The molecular weight excluding hydrogens is 292 g/mol.